The van der Waals surface area contributed by atoms with Crippen molar-refractivity contribution in [3.05, 3.63) is 47.2 Å². The molecule has 9 heteroatoms. The molecule has 0 radical (unpaired) electrons. The van der Waals surface area contributed by atoms with E-state index in [4.69, 9.17) is 0 Å². The van der Waals surface area contributed by atoms with E-state index in [-0.39, 0.29) is 6.03 Å². The summed E-state index contributed by atoms with van der Waals surface area (Å²) in [4.78, 5) is 27.7. The maximum absolute atomic E-state index is 12.6. The lowest BCUT2D eigenvalue weighted by molar-refractivity contribution is 0.262. The fraction of sp³-hybridized carbons (Fsp3) is 0.381. The Morgan fingerprint density at radius 2 is 2.10 bits per heavy atom. The van der Waals surface area contributed by atoms with E-state index in [0.717, 1.165) is 46.7 Å². The quantitative estimate of drug-likeness (QED) is 0.441. The average molecular weight is 443 g/mol. The number of hydrogen-bond acceptors (Lipinski definition) is 6. The minimum Gasteiger partial charge on any atom is -0.370 e. The molecule has 2 amide bonds. The van der Waals surface area contributed by atoms with E-state index in [2.05, 4.69) is 43.5 Å². The van der Waals surface area contributed by atoms with E-state index < -0.39 is 0 Å². The molecule has 3 aromatic rings. The number of aromatic nitrogens is 3. The standard InChI is InChI=1S/C21H26N6OS2/c1-15-5-6-17(18(13-15)27-10-3-2-4-11-27)25-19(28)26-21-24-14-16(30-21)7-12-29-20-22-8-9-23-20/h5-6,8-9,13-14H,2-4,7,10-12H2,1H3,(H,22,23)(H2,24,25,26,28). The van der Waals surface area contributed by atoms with Crippen molar-refractivity contribution in [2.45, 2.75) is 37.8 Å². The number of rotatable bonds is 7. The molecular formula is C21H26N6OS2. The predicted octanol–water partition coefficient (Wildman–Crippen LogP) is 5.14. The number of anilines is 3. The molecule has 7 nitrogen and oxygen atoms in total. The van der Waals surface area contributed by atoms with Crippen LogP contribution in [0.25, 0.3) is 0 Å². The van der Waals surface area contributed by atoms with Gasteiger partial charge in [-0.1, -0.05) is 17.8 Å². The number of benzene rings is 1. The number of H-pyrrole nitrogens is 1. The summed E-state index contributed by atoms with van der Waals surface area (Å²) in [5.74, 6) is 0.907. The van der Waals surface area contributed by atoms with Gasteiger partial charge >= 0.3 is 6.03 Å². The first-order valence-electron chi connectivity index (χ1n) is 10.2. The first-order valence-corrected chi connectivity index (χ1v) is 12.0. The summed E-state index contributed by atoms with van der Waals surface area (Å²) in [5.41, 5.74) is 3.13. The monoisotopic (exact) mass is 442 g/mol. The van der Waals surface area contributed by atoms with Crippen molar-refractivity contribution in [2.75, 3.05) is 34.4 Å². The third-order valence-electron chi connectivity index (χ3n) is 4.93. The Labute approximate surface area is 184 Å². The van der Waals surface area contributed by atoms with Gasteiger partial charge in [-0.25, -0.2) is 14.8 Å². The van der Waals surface area contributed by atoms with Gasteiger partial charge in [0.05, 0.1) is 11.4 Å². The number of carbonyl (C=O) groups excluding carboxylic acids is 1. The van der Waals surface area contributed by atoms with E-state index in [1.54, 1.807) is 18.0 Å². The molecule has 3 N–H and O–H groups in total. The first-order chi connectivity index (χ1) is 14.7. The van der Waals surface area contributed by atoms with E-state index in [1.165, 1.54) is 36.2 Å². The molecule has 30 heavy (non-hydrogen) atoms. The number of urea groups is 1. The molecule has 0 atom stereocenters. The Morgan fingerprint density at radius 3 is 2.90 bits per heavy atom. The molecule has 2 aromatic heterocycles. The predicted molar refractivity (Wildman–Crippen MR) is 125 cm³/mol. The van der Waals surface area contributed by atoms with Gasteiger partial charge in [-0.05, 0) is 50.3 Å². The van der Waals surface area contributed by atoms with E-state index in [0.29, 0.717) is 5.13 Å². The molecule has 0 unspecified atom stereocenters. The summed E-state index contributed by atoms with van der Waals surface area (Å²) in [5, 5.41) is 7.41. The van der Waals surface area contributed by atoms with Crippen LogP contribution in [0.2, 0.25) is 0 Å². The van der Waals surface area contributed by atoms with Crippen molar-refractivity contribution in [2.24, 2.45) is 0 Å². The summed E-state index contributed by atoms with van der Waals surface area (Å²) < 4.78 is 0. The van der Waals surface area contributed by atoms with Crippen LogP contribution in [0.4, 0.5) is 21.3 Å². The molecule has 0 aliphatic carbocycles. The molecule has 1 aromatic carbocycles. The molecule has 0 bridgehead atoms. The Bertz CT molecular complexity index is 966. The van der Waals surface area contributed by atoms with E-state index in [1.807, 2.05) is 24.5 Å². The average Bonchev–Trinajstić information content (AvgIpc) is 3.42. The highest BCUT2D eigenvalue weighted by Gasteiger charge is 2.16. The number of aromatic amines is 1. The van der Waals surface area contributed by atoms with Gasteiger partial charge in [0.15, 0.2) is 10.3 Å². The molecular weight excluding hydrogens is 416 g/mol. The number of nitrogens with zero attached hydrogens (tertiary/aromatic N) is 3. The topological polar surface area (TPSA) is 85.9 Å². The van der Waals surface area contributed by atoms with E-state index in [9.17, 15) is 4.79 Å². The zero-order valence-corrected chi connectivity index (χ0v) is 18.6. The maximum Gasteiger partial charge on any atom is 0.325 e. The zero-order chi connectivity index (χ0) is 20.8. The van der Waals surface area contributed by atoms with Crippen LogP contribution < -0.4 is 15.5 Å². The van der Waals surface area contributed by atoms with Crippen molar-refractivity contribution in [3.63, 3.8) is 0 Å². The highest BCUT2D eigenvalue weighted by atomic mass is 32.2. The van der Waals surface area contributed by atoms with Crippen molar-refractivity contribution < 1.29 is 4.79 Å². The third-order valence-corrected chi connectivity index (χ3v) is 6.81. The molecule has 1 aliphatic rings. The first kappa shape index (κ1) is 20.7. The lowest BCUT2D eigenvalue weighted by Crippen LogP contribution is -2.31. The fourth-order valence-electron chi connectivity index (χ4n) is 3.45. The molecule has 4 rings (SSSR count). The van der Waals surface area contributed by atoms with E-state index >= 15 is 0 Å². The number of thiazole rings is 1. The van der Waals surface area contributed by atoms with Gasteiger partial charge in [0, 0.05) is 42.3 Å². The summed E-state index contributed by atoms with van der Waals surface area (Å²) in [7, 11) is 0. The molecule has 158 valence electrons. The third kappa shape index (κ3) is 5.54. The number of amides is 2. The van der Waals surface area contributed by atoms with Gasteiger partial charge in [0.25, 0.3) is 0 Å². The van der Waals surface area contributed by atoms with Crippen LogP contribution in [0.1, 0.15) is 29.7 Å². The second-order valence-electron chi connectivity index (χ2n) is 7.27. The molecule has 1 fully saturated rings. The zero-order valence-electron chi connectivity index (χ0n) is 17.0. The molecule has 3 heterocycles. The van der Waals surface area contributed by atoms with Crippen LogP contribution in [-0.4, -0.2) is 39.8 Å². The van der Waals surface area contributed by atoms with Crippen molar-refractivity contribution >= 4 is 45.6 Å². The SMILES string of the molecule is Cc1ccc(NC(=O)Nc2ncc(CCSc3ncc[nH]3)s2)c(N2CCCCC2)c1. The Hall–Kier alpha value is -2.52. The second kappa shape index (κ2) is 9.99. The summed E-state index contributed by atoms with van der Waals surface area (Å²) >= 11 is 3.18. The van der Waals surface area contributed by atoms with Gasteiger partial charge in [-0.3, -0.25) is 5.32 Å². The number of carbonyl (C=O) groups is 1. The van der Waals surface area contributed by atoms with Gasteiger partial charge < -0.3 is 15.2 Å². The number of imidazole rings is 1. The molecule has 0 spiro atoms. The highest BCUT2D eigenvalue weighted by molar-refractivity contribution is 7.99. The Morgan fingerprint density at radius 1 is 1.23 bits per heavy atom. The number of hydrogen-bond donors (Lipinski definition) is 3. The minimum absolute atomic E-state index is 0.261. The summed E-state index contributed by atoms with van der Waals surface area (Å²) in [6.07, 6.45) is 9.94. The van der Waals surface area contributed by atoms with Crippen LogP contribution in [0.3, 0.4) is 0 Å². The Balaban J connectivity index is 1.33. The molecule has 1 saturated heterocycles. The largest absolute Gasteiger partial charge is 0.370 e. The molecule has 0 saturated carbocycles. The highest BCUT2D eigenvalue weighted by Crippen LogP contribution is 2.30. The van der Waals surface area contributed by atoms with Crippen molar-refractivity contribution in [3.8, 4) is 0 Å². The number of nitrogens with one attached hydrogen (secondary N) is 3. The Kier molecular flexibility index (Phi) is 6.91. The minimum atomic E-state index is -0.261. The van der Waals surface area contributed by atoms with Crippen molar-refractivity contribution in [1.82, 2.24) is 15.0 Å². The number of aryl methyl sites for hydroxylation is 2. The van der Waals surface area contributed by atoms with Crippen LogP contribution in [0.5, 0.6) is 0 Å². The van der Waals surface area contributed by atoms with Gasteiger partial charge in [0.1, 0.15) is 0 Å². The summed E-state index contributed by atoms with van der Waals surface area (Å²) in [6.45, 7) is 4.15. The van der Waals surface area contributed by atoms with Crippen LogP contribution >= 0.6 is 23.1 Å². The second-order valence-corrected chi connectivity index (χ2v) is 9.47. The summed E-state index contributed by atoms with van der Waals surface area (Å²) in [6, 6.07) is 5.90. The lowest BCUT2D eigenvalue weighted by atomic mass is 10.1. The maximum atomic E-state index is 12.6. The lowest BCUT2D eigenvalue weighted by Gasteiger charge is -2.30. The van der Waals surface area contributed by atoms with Crippen LogP contribution in [-0.2, 0) is 6.42 Å². The number of thioether (sulfide) groups is 1. The van der Waals surface area contributed by atoms with Gasteiger partial charge in [-0.2, -0.15) is 0 Å². The van der Waals surface area contributed by atoms with Crippen LogP contribution in [0.15, 0.2) is 41.9 Å². The molecule has 1 aliphatic heterocycles. The van der Waals surface area contributed by atoms with Gasteiger partial charge in [0.2, 0.25) is 0 Å². The number of piperidine rings is 1. The fourth-order valence-corrected chi connectivity index (χ4v) is 5.19. The van der Waals surface area contributed by atoms with Gasteiger partial charge in [-0.15, -0.1) is 11.3 Å². The van der Waals surface area contributed by atoms with Crippen molar-refractivity contribution in [1.29, 1.82) is 0 Å². The smallest absolute Gasteiger partial charge is 0.325 e. The normalized spacial score (nSPS) is 14.0. The van der Waals surface area contributed by atoms with Crippen LogP contribution in [0, 0.1) is 6.92 Å².